The van der Waals surface area contributed by atoms with Crippen LogP contribution in [0.2, 0.25) is 0 Å². The highest BCUT2D eigenvalue weighted by Gasteiger charge is 1.99. The molecule has 1 unspecified atom stereocenters. The first-order valence-corrected chi connectivity index (χ1v) is 5.35. The second-order valence-electron chi connectivity index (χ2n) is 3.27. The largest absolute Gasteiger partial charge is 0.392 e. The fourth-order valence-corrected chi connectivity index (χ4v) is 1.11. The Labute approximate surface area is 91.5 Å². The number of unbranched alkanes of at least 4 members (excludes halogenated alkanes) is 2. The average molecular weight is 218 g/mol. The third kappa shape index (κ3) is 11.5. The van der Waals surface area contributed by atoms with E-state index in [2.05, 4.69) is 0 Å². The molecule has 0 saturated heterocycles. The molecule has 2 N–H and O–H groups in total. The molecule has 0 heterocycles. The molecule has 0 radical (unpaired) electrons. The van der Waals surface area contributed by atoms with E-state index in [-0.39, 0.29) is 6.61 Å². The predicted octanol–water partition coefficient (Wildman–Crippen LogP) is 1.08. The van der Waals surface area contributed by atoms with Crippen molar-refractivity contribution in [3.8, 4) is 0 Å². The Bertz CT molecular complexity index is 148. The molecule has 0 aliphatic carbocycles. The summed E-state index contributed by atoms with van der Waals surface area (Å²) >= 11 is 0. The van der Waals surface area contributed by atoms with Crippen molar-refractivity contribution in [2.75, 3.05) is 26.9 Å². The van der Waals surface area contributed by atoms with Crippen LogP contribution in [0.25, 0.3) is 0 Å². The highest BCUT2D eigenvalue weighted by atomic mass is 16.6. The standard InChI is InChI=1S/C11H22O4/c1-14-11(13)7-3-2-5-9-15-10-6-4-8-12/h4,6,11-13H,2-3,5,7-10H2,1H3/b6-4-. The molecule has 4 nitrogen and oxygen atoms in total. The first-order valence-electron chi connectivity index (χ1n) is 5.35. The smallest absolute Gasteiger partial charge is 0.154 e. The van der Waals surface area contributed by atoms with Crippen LogP contribution in [0.3, 0.4) is 0 Å². The molecule has 0 aromatic carbocycles. The number of methoxy groups -OCH3 is 1. The third-order valence-electron chi connectivity index (χ3n) is 2.00. The van der Waals surface area contributed by atoms with Gasteiger partial charge in [0.05, 0.1) is 13.2 Å². The molecular weight excluding hydrogens is 196 g/mol. The first kappa shape index (κ1) is 14.6. The van der Waals surface area contributed by atoms with Crippen LogP contribution in [-0.2, 0) is 9.47 Å². The molecule has 0 spiro atoms. The fourth-order valence-electron chi connectivity index (χ4n) is 1.11. The Morgan fingerprint density at radius 2 is 2.00 bits per heavy atom. The van der Waals surface area contributed by atoms with Crippen LogP contribution < -0.4 is 0 Å². The number of hydrogen-bond donors (Lipinski definition) is 2. The van der Waals surface area contributed by atoms with E-state index in [0.717, 1.165) is 25.9 Å². The second kappa shape index (κ2) is 11.7. The van der Waals surface area contributed by atoms with Gasteiger partial charge in [-0.15, -0.1) is 0 Å². The average Bonchev–Trinajstić information content (AvgIpc) is 2.26. The van der Waals surface area contributed by atoms with Crippen molar-refractivity contribution in [3.05, 3.63) is 12.2 Å². The van der Waals surface area contributed by atoms with Crippen molar-refractivity contribution in [1.29, 1.82) is 0 Å². The molecule has 90 valence electrons. The summed E-state index contributed by atoms with van der Waals surface area (Å²) in [5, 5.41) is 17.5. The maximum Gasteiger partial charge on any atom is 0.154 e. The van der Waals surface area contributed by atoms with E-state index in [0.29, 0.717) is 13.0 Å². The minimum atomic E-state index is -0.626. The molecule has 0 amide bonds. The number of rotatable bonds is 10. The van der Waals surface area contributed by atoms with Gasteiger partial charge in [-0.25, -0.2) is 0 Å². The fraction of sp³-hybridized carbons (Fsp3) is 0.818. The maximum atomic E-state index is 9.07. The lowest BCUT2D eigenvalue weighted by Crippen LogP contribution is -2.08. The molecule has 1 atom stereocenters. The molecule has 0 aliphatic heterocycles. The quantitative estimate of drug-likeness (QED) is 0.327. The van der Waals surface area contributed by atoms with Gasteiger partial charge >= 0.3 is 0 Å². The van der Waals surface area contributed by atoms with Gasteiger partial charge in [0.15, 0.2) is 6.29 Å². The van der Waals surface area contributed by atoms with Crippen LogP contribution >= 0.6 is 0 Å². The second-order valence-corrected chi connectivity index (χ2v) is 3.27. The summed E-state index contributed by atoms with van der Waals surface area (Å²) in [6.45, 7) is 1.35. The minimum absolute atomic E-state index is 0.0677. The minimum Gasteiger partial charge on any atom is -0.392 e. The Morgan fingerprint density at radius 3 is 2.67 bits per heavy atom. The molecule has 0 bridgehead atoms. The van der Waals surface area contributed by atoms with Crippen molar-refractivity contribution in [2.45, 2.75) is 32.0 Å². The van der Waals surface area contributed by atoms with E-state index >= 15 is 0 Å². The van der Waals surface area contributed by atoms with Crippen LogP contribution in [0.4, 0.5) is 0 Å². The van der Waals surface area contributed by atoms with Gasteiger partial charge in [-0.05, 0) is 19.3 Å². The molecule has 0 aromatic rings. The van der Waals surface area contributed by atoms with E-state index in [1.165, 1.54) is 7.11 Å². The first-order chi connectivity index (χ1) is 7.31. The summed E-state index contributed by atoms with van der Waals surface area (Å²) in [7, 11) is 1.50. The number of hydrogen-bond acceptors (Lipinski definition) is 4. The normalized spacial score (nSPS) is 13.5. The summed E-state index contributed by atoms with van der Waals surface area (Å²) < 4.78 is 9.99. The van der Waals surface area contributed by atoms with E-state index in [1.807, 2.05) is 0 Å². The zero-order valence-corrected chi connectivity index (χ0v) is 9.39. The van der Waals surface area contributed by atoms with Crippen molar-refractivity contribution in [3.63, 3.8) is 0 Å². The lowest BCUT2D eigenvalue weighted by molar-refractivity contribution is -0.0794. The molecule has 15 heavy (non-hydrogen) atoms. The predicted molar refractivity (Wildman–Crippen MR) is 58.5 cm³/mol. The van der Waals surface area contributed by atoms with Crippen LogP contribution in [0.5, 0.6) is 0 Å². The summed E-state index contributed by atoms with van der Waals surface area (Å²) in [5.41, 5.74) is 0. The van der Waals surface area contributed by atoms with Crippen LogP contribution in [0.1, 0.15) is 25.7 Å². The lowest BCUT2D eigenvalue weighted by atomic mass is 10.2. The Morgan fingerprint density at radius 1 is 1.20 bits per heavy atom. The Hall–Kier alpha value is -0.420. The number of aliphatic hydroxyl groups is 2. The summed E-state index contributed by atoms with van der Waals surface area (Å²) in [5.74, 6) is 0. The summed E-state index contributed by atoms with van der Waals surface area (Å²) in [6.07, 6.45) is 6.49. The molecule has 0 fully saturated rings. The van der Waals surface area contributed by atoms with Gasteiger partial charge in [0.1, 0.15) is 0 Å². The van der Waals surface area contributed by atoms with Crippen molar-refractivity contribution in [2.24, 2.45) is 0 Å². The number of aliphatic hydroxyl groups excluding tert-OH is 2. The van der Waals surface area contributed by atoms with Crippen molar-refractivity contribution >= 4 is 0 Å². The molecule has 0 aliphatic rings. The molecule has 0 saturated carbocycles. The van der Waals surface area contributed by atoms with E-state index in [4.69, 9.17) is 19.7 Å². The van der Waals surface area contributed by atoms with Gasteiger partial charge in [-0.2, -0.15) is 0 Å². The maximum absolute atomic E-state index is 9.07. The SMILES string of the molecule is COC(O)CCCCCOC/C=C\CO. The lowest BCUT2D eigenvalue weighted by Gasteiger charge is -2.07. The van der Waals surface area contributed by atoms with Crippen LogP contribution in [0, 0.1) is 0 Å². The van der Waals surface area contributed by atoms with Gasteiger partial charge in [0, 0.05) is 13.7 Å². The molecule has 0 aromatic heterocycles. The van der Waals surface area contributed by atoms with Crippen LogP contribution in [-0.4, -0.2) is 43.4 Å². The highest BCUT2D eigenvalue weighted by molar-refractivity contribution is 4.80. The van der Waals surface area contributed by atoms with E-state index < -0.39 is 6.29 Å². The Balaban J connectivity index is 3.02. The van der Waals surface area contributed by atoms with Gasteiger partial charge in [0.2, 0.25) is 0 Å². The van der Waals surface area contributed by atoms with E-state index in [9.17, 15) is 0 Å². The number of ether oxygens (including phenoxy) is 2. The van der Waals surface area contributed by atoms with Crippen molar-refractivity contribution < 1.29 is 19.7 Å². The zero-order chi connectivity index (χ0) is 11.4. The molecular formula is C11H22O4. The van der Waals surface area contributed by atoms with Gasteiger partial charge in [-0.1, -0.05) is 18.6 Å². The van der Waals surface area contributed by atoms with Crippen LogP contribution in [0.15, 0.2) is 12.2 Å². The highest BCUT2D eigenvalue weighted by Crippen LogP contribution is 2.04. The van der Waals surface area contributed by atoms with Gasteiger partial charge in [-0.3, -0.25) is 0 Å². The summed E-state index contributed by atoms with van der Waals surface area (Å²) in [4.78, 5) is 0. The molecule has 0 rings (SSSR count). The van der Waals surface area contributed by atoms with Gasteiger partial charge in [0.25, 0.3) is 0 Å². The van der Waals surface area contributed by atoms with Crippen molar-refractivity contribution in [1.82, 2.24) is 0 Å². The summed E-state index contributed by atoms with van der Waals surface area (Å²) in [6, 6.07) is 0. The van der Waals surface area contributed by atoms with E-state index in [1.54, 1.807) is 12.2 Å². The van der Waals surface area contributed by atoms with Gasteiger partial charge < -0.3 is 19.7 Å². The topological polar surface area (TPSA) is 58.9 Å². The Kier molecular flexibility index (Phi) is 11.3. The third-order valence-corrected chi connectivity index (χ3v) is 2.00. The molecule has 4 heteroatoms. The monoisotopic (exact) mass is 218 g/mol. The zero-order valence-electron chi connectivity index (χ0n) is 9.39.